The Morgan fingerprint density at radius 1 is 1.41 bits per heavy atom. The quantitative estimate of drug-likeness (QED) is 0.626. The minimum Gasteiger partial charge on any atom is -0.480 e. The highest BCUT2D eigenvalue weighted by atomic mass is 16.4. The van der Waals surface area contributed by atoms with Gasteiger partial charge in [0, 0.05) is 45.8 Å². The van der Waals surface area contributed by atoms with Crippen LogP contribution < -0.4 is 0 Å². The zero-order valence-corrected chi connectivity index (χ0v) is 10.6. The third kappa shape index (κ3) is 5.81. The Kier molecular flexibility index (Phi) is 6.18. The van der Waals surface area contributed by atoms with Gasteiger partial charge in [-0.2, -0.15) is 0 Å². The second-order valence-corrected chi connectivity index (χ2v) is 4.56. The standard InChI is InChI=1S/C12H23N3O2/c1-3-4-15(11-12(16)17)10-9-14-7-5-13(2)6-8-14/h3H,1,4-11H2,2H3,(H,16,17). The molecule has 0 unspecified atom stereocenters. The molecule has 1 N–H and O–H groups in total. The summed E-state index contributed by atoms with van der Waals surface area (Å²) in [6.45, 7) is 10.5. The monoisotopic (exact) mass is 241 g/mol. The first-order chi connectivity index (χ1) is 8.11. The Bertz CT molecular complexity index is 250. The smallest absolute Gasteiger partial charge is 0.317 e. The van der Waals surface area contributed by atoms with Gasteiger partial charge in [-0.3, -0.25) is 14.6 Å². The average molecular weight is 241 g/mol. The van der Waals surface area contributed by atoms with Crippen LogP contribution in [0.25, 0.3) is 0 Å². The SMILES string of the molecule is C=CCN(CCN1CCN(C)CC1)CC(=O)O. The summed E-state index contributed by atoms with van der Waals surface area (Å²) in [4.78, 5) is 17.3. The third-order valence-corrected chi connectivity index (χ3v) is 3.07. The van der Waals surface area contributed by atoms with E-state index in [1.165, 1.54) is 0 Å². The number of hydrogen-bond donors (Lipinski definition) is 1. The summed E-state index contributed by atoms with van der Waals surface area (Å²) >= 11 is 0. The Morgan fingerprint density at radius 2 is 2.06 bits per heavy atom. The number of piperazine rings is 1. The van der Waals surface area contributed by atoms with Crippen LogP contribution in [-0.2, 0) is 4.79 Å². The van der Waals surface area contributed by atoms with E-state index in [9.17, 15) is 4.79 Å². The molecule has 0 bridgehead atoms. The highest BCUT2D eigenvalue weighted by Crippen LogP contribution is 1.99. The van der Waals surface area contributed by atoms with Gasteiger partial charge in [0.15, 0.2) is 0 Å². The van der Waals surface area contributed by atoms with Crippen molar-refractivity contribution in [2.75, 3.05) is 59.4 Å². The van der Waals surface area contributed by atoms with E-state index in [1.807, 2.05) is 4.90 Å². The molecule has 1 heterocycles. The number of carbonyl (C=O) groups is 1. The Labute approximate surface area is 103 Å². The summed E-state index contributed by atoms with van der Waals surface area (Å²) in [6, 6.07) is 0. The molecule has 0 amide bonds. The van der Waals surface area contributed by atoms with Crippen LogP contribution in [0.15, 0.2) is 12.7 Å². The number of carboxylic acid groups (broad SMARTS) is 1. The third-order valence-electron chi connectivity index (χ3n) is 3.07. The zero-order chi connectivity index (χ0) is 12.7. The second kappa shape index (κ2) is 7.42. The van der Waals surface area contributed by atoms with E-state index in [0.717, 1.165) is 39.3 Å². The van der Waals surface area contributed by atoms with Gasteiger partial charge in [0.05, 0.1) is 6.54 Å². The minimum atomic E-state index is -0.773. The largest absolute Gasteiger partial charge is 0.480 e. The van der Waals surface area contributed by atoms with Crippen LogP contribution in [0.2, 0.25) is 0 Å². The first-order valence-corrected chi connectivity index (χ1v) is 6.07. The van der Waals surface area contributed by atoms with Crippen LogP contribution in [-0.4, -0.2) is 85.2 Å². The highest BCUT2D eigenvalue weighted by Gasteiger charge is 2.15. The minimum absolute atomic E-state index is 0.0970. The van der Waals surface area contributed by atoms with E-state index < -0.39 is 5.97 Å². The molecule has 0 spiro atoms. The van der Waals surface area contributed by atoms with Gasteiger partial charge < -0.3 is 10.0 Å². The van der Waals surface area contributed by atoms with Crippen molar-refractivity contribution >= 4 is 5.97 Å². The molecule has 0 aliphatic carbocycles. The number of aliphatic carboxylic acids is 1. The van der Waals surface area contributed by atoms with E-state index in [0.29, 0.717) is 6.54 Å². The Morgan fingerprint density at radius 3 is 2.59 bits per heavy atom. The van der Waals surface area contributed by atoms with Gasteiger partial charge in [0.2, 0.25) is 0 Å². The van der Waals surface area contributed by atoms with E-state index in [1.54, 1.807) is 6.08 Å². The van der Waals surface area contributed by atoms with Crippen LogP contribution >= 0.6 is 0 Å². The fourth-order valence-corrected chi connectivity index (χ4v) is 1.96. The van der Waals surface area contributed by atoms with Gasteiger partial charge in [-0.1, -0.05) is 6.08 Å². The van der Waals surface area contributed by atoms with E-state index in [2.05, 4.69) is 23.4 Å². The first-order valence-electron chi connectivity index (χ1n) is 6.07. The summed E-state index contributed by atoms with van der Waals surface area (Å²) in [5.41, 5.74) is 0. The molecule has 0 atom stereocenters. The summed E-state index contributed by atoms with van der Waals surface area (Å²) in [5, 5.41) is 8.79. The van der Waals surface area contributed by atoms with Gasteiger partial charge in [-0.15, -0.1) is 6.58 Å². The molecule has 5 heteroatoms. The molecule has 0 aromatic rings. The summed E-state index contributed by atoms with van der Waals surface area (Å²) in [7, 11) is 2.13. The molecule has 1 fully saturated rings. The van der Waals surface area contributed by atoms with Crippen LogP contribution in [0.1, 0.15) is 0 Å². The van der Waals surface area contributed by atoms with Crippen molar-refractivity contribution in [1.29, 1.82) is 0 Å². The summed E-state index contributed by atoms with van der Waals surface area (Å²) in [6.07, 6.45) is 1.76. The van der Waals surface area contributed by atoms with Crippen molar-refractivity contribution in [1.82, 2.24) is 14.7 Å². The zero-order valence-electron chi connectivity index (χ0n) is 10.6. The van der Waals surface area contributed by atoms with Gasteiger partial charge >= 0.3 is 5.97 Å². The maximum absolute atomic E-state index is 10.7. The lowest BCUT2D eigenvalue weighted by Gasteiger charge is -2.33. The molecular weight excluding hydrogens is 218 g/mol. The van der Waals surface area contributed by atoms with E-state index in [4.69, 9.17) is 5.11 Å². The number of carboxylic acids is 1. The molecule has 5 nitrogen and oxygen atoms in total. The van der Waals surface area contributed by atoms with Crippen molar-refractivity contribution in [2.24, 2.45) is 0 Å². The first kappa shape index (κ1) is 14.2. The van der Waals surface area contributed by atoms with Crippen LogP contribution in [0.4, 0.5) is 0 Å². The Hall–Kier alpha value is -0.910. The predicted octanol–water partition coefficient (Wildman–Crippen LogP) is -0.194. The maximum atomic E-state index is 10.7. The molecule has 98 valence electrons. The van der Waals surface area contributed by atoms with Crippen molar-refractivity contribution in [3.8, 4) is 0 Å². The molecule has 1 aliphatic heterocycles. The fraction of sp³-hybridized carbons (Fsp3) is 0.750. The normalized spacial score (nSPS) is 18.5. The molecule has 0 saturated carbocycles. The molecular formula is C12H23N3O2. The number of hydrogen-bond acceptors (Lipinski definition) is 4. The van der Waals surface area contributed by atoms with Crippen LogP contribution in [0, 0.1) is 0 Å². The van der Waals surface area contributed by atoms with Gasteiger partial charge in [0.25, 0.3) is 0 Å². The van der Waals surface area contributed by atoms with E-state index in [-0.39, 0.29) is 6.54 Å². The van der Waals surface area contributed by atoms with Gasteiger partial charge in [0.1, 0.15) is 0 Å². The van der Waals surface area contributed by atoms with Crippen molar-refractivity contribution in [2.45, 2.75) is 0 Å². The predicted molar refractivity (Wildman–Crippen MR) is 68.2 cm³/mol. The van der Waals surface area contributed by atoms with Crippen LogP contribution in [0.3, 0.4) is 0 Å². The van der Waals surface area contributed by atoms with Gasteiger partial charge in [-0.05, 0) is 7.05 Å². The number of likely N-dealkylation sites (N-methyl/N-ethyl adjacent to an activating group) is 1. The lowest BCUT2D eigenvalue weighted by molar-refractivity contribution is -0.138. The fourth-order valence-electron chi connectivity index (χ4n) is 1.96. The average Bonchev–Trinajstić information content (AvgIpc) is 2.27. The Balaban J connectivity index is 2.25. The molecule has 1 saturated heterocycles. The van der Waals surface area contributed by atoms with Crippen molar-refractivity contribution in [3.63, 3.8) is 0 Å². The molecule has 1 aliphatic rings. The molecule has 17 heavy (non-hydrogen) atoms. The summed E-state index contributed by atoms with van der Waals surface area (Å²) < 4.78 is 0. The van der Waals surface area contributed by atoms with Crippen molar-refractivity contribution < 1.29 is 9.90 Å². The van der Waals surface area contributed by atoms with Gasteiger partial charge in [-0.25, -0.2) is 0 Å². The lowest BCUT2D eigenvalue weighted by atomic mass is 10.3. The van der Waals surface area contributed by atoms with Crippen molar-refractivity contribution in [3.05, 3.63) is 12.7 Å². The number of rotatable bonds is 7. The lowest BCUT2D eigenvalue weighted by Crippen LogP contribution is -2.47. The second-order valence-electron chi connectivity index (χ2n) is 4.56. The molecule has 0 aromatic heterocycles. The maximum Gasteiger partial charge on any atom is 0.317 e. The highest BCUT2D eigenvalue weighted by molar-refractivity contribution is 5.69. The summed E-state index contributed by atoms with van der Waals surface area (Å²) in [5.74, 6) is -0.773. The molecule has 1 rings (SSSR count). The van der Waals surface area contributed by atoms with Crippen LogP contribution in [0.5, 0.6) is 0 Å². The number of nitrogens with zero attached hydrogens (tertiary/aromatic N) is 3. The topological polar surface area (TPSA) is 47.0 Å². The van der Waals surface area contributed by atoms with E-state index >= 15 is 0 Å². The molecule has 0 radical (unpaired) electrons. The molecule has 0 aromatic carbocycles.